The fourth-order valence-electron chi connectivity index (χ4n) is 5.83. The summed E-state index contributed by atoms with van der Waals surface area (Å²) in [4.78, 5) is 22.7. The number of esters is 1. The molecule has 0 saturated carbocycles. The van der Waals surface area contributed by atoms with Gasteiger partial charge in [0.15, 0.2) is 0 Å². The number of fused-ring (bicyclic) bond motifs is 1. The molecule has 6 heteroatoms. The number of nitrogens with zero attached hydrogens (tertiary/aromatic N) is 2. The van der Waals surface area contributed by atoms with Crippen molar-refractivity contribution >= 4 is 22.6 Å². The van der Waals surface area contributed by atoms with Crippen LogP contribution in [0.4, 0.5) is 0 Å². The Hall–Kier alpha value is -3.90. The van der Waals surface area contributed by atoms with Gasteiger partial charge in [-0.2, -0.15) is 0 Å². The van der Waals surface area contributed by atoms with Gasteiger partial charge in [0.05, 0.1) is 13.3 Å². The van der Waals surface area contributed by atoms with Crippen molar-refractivity contribution in [2.45, 2.75) is 44.2 Å². The van der Waals surface area contributed by atoms with Gasteiger partial charge in [0.1, 0.15) is 22.7 Å². The van der Waals surface area contributed by atoms with Gasteiger partial charge in [0, 0.05) is 23.7 Å². The van der Waals surface area contributed by atoms with E-state index in [2.05, 4.69) is 51.3 Å². The SMILES string of the molecule is COC(=O)c1ccc(C2=CCC(N3CCCC3c3ccccc3)CC2)cc1Oc1cnc2[nH]ccc2c1. The lowest BCUT2D eigenvalue weighted by Crippen LogP contribution is -2.35. The first-order valence-corrected chi connectivity index (χ1v) is 13.0. The summed E-state index contributed by atoms with van der Waals surface area (Å²) in [5.41, 5.74) is 5.01. The molecule has 6 rings (SSSR count). The van der Waals surface area contributed by atoms with E-state index in [9.17, 15) is 4.79 Å². The van der Waals surface area contributed by atoms with Crippen molar-refractivity contribution in [3.63, 3.8) is 0 Å². The second-order valence-electron chi connectivity index (χ2n) is 9.86. The average molecular weight is 494 g/mol. The first kappa shape index (κ1) is 23.5. The minimum Gasteiger partial charge on any atom is -0.465 e. The molecule has 3 heterocycles. The fraction of sp³-hybridized carbons (Fsp3) is 0.290. The van der Waals surface area contributed by atoms with E-state index in [0.29, 0.717) is 29.1 Å². The molecule has 37 heavy (non-hydrogen) atoms. The van der Waals surface area contributed by atoms with Crippen LogP contribution in [0.25, 0.3) is 16.6 Å². The number of hydrogen-bond donors (Lipinski definition) is 1. The molecule has 1 fully saturated rings. The van der Waals surface area contributed by atoms with Crippen LogP contribution in [-0.4, -0.2) is 40.5 Å². The number of rotatable bonds is 6. The summed E-state index contributed by atoms with van der Waals surface area (Å²) >= 11 is 0. The number of pyridine rings is 1. The van der Waals surface area contributed by atoms with Crippen LogP contribution in [0.15, 0.2) is 79.1 Å². The van der Waals surface area contributed by atoms with Crippen LogP contribution in [0, 0.1) is 0 Å². The standard InChI is InChI=1S/C31H31N3O3/c1-36-31(35)27-14-11-23(19-29(27)37-26-18-24-15-16-32-30(24)33-20-26)21-9-12-25(13-10-21)34-17-5-8-28(34)22-6-3-2-4-7-22/h2-4,6-7,9,11,14-16,18-20,25,28H,5,8,10,12-13,17H2,1H3,(H,32,33). The highest BCUT2D eigenvalue weighted by Crippen LogP contribution is 2.39. The Morgan fingerprint density at radius 2 is 1.97 bits per heavy atom. The quantitative estimate of drug-likeness (QED) is 0.296. The Morgan fingerprint density at radius 3 is 2.78 bits per heavy atom. The summed E-state index contributed by atoms with van der Waals surface area (Å²) in [6.45, 7) is 1.17. The number of nitrogens with one attached hydrogen (secondary N) is 1. The summed E-state index contributed by atoms with van der Waals surface area (Å²) in [5, 5.41) is 0.949. The van der Waals surface area contributed by atoms with Gasteiger partial charge < -0.3 is 14.5 Å². The van der Waals surface area contributed by atoms with Gasteiger partial charge in [-0.15, -0.1) is 0 Å². The molecule has 1 aliphatic carbocycles. The molecule has 188 valence electrons. The number of benzene rings is 2. The van der Waals surface area contributed by atoms with Crippen molar-refractivity contribution < 1.29 is 14.3 Å². The Bertz CT molecular complexity index is 1440. The molecule has 2 aromatic carbocycles. The predicted molar refractivity (Wildman–Crippen MR) is 145 cm³/mol. The number of likely N-dealkylation sites (tertiary alicyclic amines) is 1. The van der Waals surface area contributed by atoms with Crippen LogP contribution in [0.1, 0.15) is 59.6 Å². The van der Waals surface area contributed by atoms with Crippen LogP contribution in [0.5, 0.6) is 11.5 Å². The molecular formula is C31H31N3O3. The molecule has 2 aliphatic rings. The molecule has 1 aliphatic heterocycles. The minimum atomic E-state index is -0.420. The van der Waals surface area contributed by atoms with Crippen molar-refractivity contribution in [2.24, 2.45) is 0 Å². The van der Waals surface area contributed by atoms with E-state index in [1.165, 1.54) is 37.6 Å². The summed E-state index contributed by atoms with van der Waals surface area (Å²) in [7, 11) is 1.39. The maximum Gasteiger partial charge on any atom is 0.341 e. The Morgan fingerprint density at radius 1 is 1.08 bits per heavy atom. The summed E-state index contributed by atoms with van der Waals surface area (Å²) in [5.74, 6) is 0.636. The minimum absolute atomic E-state index is 0.400. The van der Waals surface area contributed by atoms with E-state index in [-0.39, 0.29) is 0 Å². The topological polar surface area (TPSA) is 67.4 Å². The molecule has 0 radical (unpaired) electrons. The van der Waals surface area contributed by atoms with Crippen LogP contribution < -0.4 is 4.74 Å². The molecule has 0 bridgehead atoms. The fourth-order valence-corrected chi connectivity index (χ4v) is 5.83. The lowest BCUT2D eigenvalue weighted by molar-refractivity contribution is 0.0598. The Balaban J connectivity index is 1.23. The number of ether oxygens (including phenoxy) is 2. The maximum absolute atomic E-state index is 12.5. The molecule has 2 atom stereocenters. The van der Waals surface area contributed by atoms with Crippen molar-refractivity contribution in [3.05, 3.63) is 95.8 Å². The van der Waals surface area contributed by atoms with E-state index in [1.807, 2.05) is 30.5 Å². The molecule has 4 aromatic rings. The molecule has 1 N–H and O–H groups in total. The number of H-pyrrole nitrogens is 1. The zero-order chi connectivity index (χ0) is 25.2. The first-order valence-electron chi connectivity index (χ1n) is 13.0. The number of allylic oxidation sites excluding steroid dienone is 1. The predicted octanol–water partition coefficient (Wildman–Crippen LogP) is 6.91. The van der Waals surface area contributed by atoms with Crippen molar-refractivity contribution in [3.8, 4) is 11.5 Å². The van der Waals surface area contributed by atoms with E-state index < -0.39 is 5.97 Å². The largest absolute Gasteiger partial charge is 0.465 e. The van der Waals surface area contributed by atoms with Crippen molar-refractivity contribution in [1.82, 2.24) is 14.9 Å². The third-order valence-electron chi connectivity index (χ3n) is 7.69. The van der Waals surface area contributed by atoms with E-state index in [4.69, 9.17) is 9.47 Å². The van der Waals surface area contributed by atoms with Gasteiger partial charge in [-0.1, -0.05) is 42.5 Å². The van der Waals surface area contributed by atoms with Gasteiger partial charge >= 0.3 is 5.97 Å². The molecule has 0 spiro atoms. The number of carbonyl (C=O) groups is 1. The summed E-state index contributed by atoms with van der Waals surface area (Å²) in [6.07, 6.45) is 11.5. The normalized spacial score (nSPS) is 20.1. The second kappa shape index (κ2) is 10.2. The molecule has 6 nitrogen and oxygen atoms in total. The molecule has 2 unspecified atom stereocenters. The molecule has 0 amide bonds. The van der Waals surface area contributed by atoms with Crippen LogP contribution in [0.3, 0.4) is 0 Å². The van der Waals surface area contributed by atoms with Crippen molar-refractivity contribution in [2.75, 3.05) is 13.7 Å². The number of aromatic amines is 1. The molecule has 1 saturated heterocycles. The molecular weight excluding hydrogens is 462 g/mol. The zero-order valence-electron chi connectivity index (χ0n) is 21.0. The Kier molecular flexibility index (Phi) is 6.49. The van der Waals surface area contributed by atoms with Gasteiger partial charge in [-0.05, 0) is 79.6 Å². The molecule has 2 aromatic heterocycles. The van der Waals surface area contributed by atoms with Gasteiger partial charge in [0.25, 0.3) is 0 Å². The number of carbonyl (C=O) groups excluding carboxylic acids is 1. The first-order chi connectivity index (χ1) is 18.2. The lowest BCUT2D eigenvalue weighted by Gasteiger charge is -2.35. The van der Waals surface area contributed by atoms with Gasteiger partial charge in [-0.3, -0.25) is 4.90 Å². The summed E-state index contributed by atoms with van der Waals surface area (Å²) < 4.78 is 11.2. The second-order valence-corrected chi connectivity index (χ2v) is 9.86. The van der Waals surface area contributed by atoms with Gasteiger partial charge in [0.2, 0.25) is 0 Å². The average Bonchev–Trinajstić information content (AvgIpc) is 3.63. The van der Waals surface area contributed by atoms with Gasteiger partial charge in [-0.25, -0.2) is 9.78 Å². The lowest BCUT2D eigenvalue weighted by atomic mass is 9.88. The van der Waals surface area contributed by atoms with Crippen molar-refractivity contribution in [1.29, 1.82) is 0 Å². The third kappa shape index (κ3) is 4.77. The summed E-state index contributed by atoms with van der Waals surface area (Å²) in [6, 6.07) is 21.6. The monoisotopic (exact) mass is 493 g/mol. The van der Waals surface area contributed by atoms with Crippen LogP contribution in [-0.2, 0) is 4.74 Å². The Labute approximate surface area is 216 Å². The van der Waals surface area contributed by atoms with E-state index >= 15 is 0 Å². The number of methoxy groups -OCH3 is 1. The number of hydrogen-bond acceptors (Lipinski definition) is 5. The highest BCUT2D eigenvalue weighted by atomic mass is 16.5. The smallest absolute Gasteiger partial charge is 0.341 e. The van der Waals surface area contributed by atoms with Crippen LogP contribution in [0.2, 0.25) is 0 Å². The van der Waals surface area contributed by atoms with Crippen LogP contribution >= 0.6 is 0 Å². The number of aromatic nitrogens is 2. The highest BCUT2D eigenvalue weighted by molar-refractivity contribution is 5.93. The maximum atomic E-state index is 12.5. The third-order valence-corrected chi connectivity index (χ3v) is 7.69. The van der Waals surface area contributed by atoms with E-state index in [0.717, 1.165) is 35.9 Å². The zero-order valence-corrected chi connectivity index (χ0v) is 21.0. The van der Waals surface area contributed by atoms with E-state index in [1.54, 1.807) is 12.3 Å². The highest BCUT2D eigenvalue weighted by Gasteiger charge is 2.32.